The smallest absolute Gasteiger partial charge is 0.236 e. The summed E-state index contributed by atoms with van der Waals surface area (Å²) in [7, 11) is 0. The fraction of sp³-hybridized carbons (Fsp3) is 0.414. The molecule has 0 saturated heterocycles. The Bertz CT molecular complexity index is 1100. The molecule has 0 unspecified atom stereocenters. The van der Waals surface area contributed by atoms with Crippen molar-refractivity contribution in [1.29, 1.82) is 10.5 Å². The fourth-order valence-electron chi connectivity index (χ4n) is 4.78. The van der Waals surface area contributed by atoms with Crippen LogP contribution < -0.4 is 10.3 Å². The van der Waals surface area contributed by atoms with Crippen molar-refractivity contribution in [2.75, 3.05) is 0 Å². The molecule has 1 aromatic heterocycles. The number of aromatic nitrogens is 2. The van der Waals surface area contributed by atoms with Crippen LogP contribution in [0.3, 0.4) is 0 Å². The van der Waals surface area contributed by atoms with Gasteiger partial charge in [0.1, 0.15) is 23.8 Å². The first kappa shape index (κ1) is 25.3. The molecule has 0 atom stereocenters. The molecule has 0 saturated carbocycles. The van der Waals surface area contributed by atoms with Crippen molar-refractivity contribution in [2.24, 2.45) is 0 Å². The average Bonchev–Trinajstić information content (AvgIpc) is 3.22. The van der Waals surface area contributed by atoms with Gasteiger partial charge in [0.2, 0.25) is 6.71 Å². The zero-order valence-corrected chi connectivity index (χ0v) is 21.8. The third kappa shape index (κ3) is 4.53. The van der Waals surface area contributed by atoms with Crippen LogP contribution in [0.15, 0.2) is 48.8 Å². The Labute approximate surface area is 205 Å². The molecule has 0 spiro atoms. The average molecular weight is 451 g/mol. The molecule has 3 rings (SSSR count). The van der Waals surface area contributed by atoms with Gasteiger partial charge in [0.25, 0.3) is 0 Å². The highest BCUT2D eigenvalue weighted by Crippen LogP contribution is 2.32. The molecular weight excluding hydrogens is 415 g/mol. The molecule has 0 bridgehead atoms. The van der Waals surface area contributed by atoms with Gasteiger partial charge in [0.05, 0.1) is 5.72 Å². The number of nitrogens with zero attached hydrogens (tertiary/aromatic N) is 4. The van der Waals surface area contributed by atoms with E-state index in [-0.39, 0.29) is 0 Å². The molecule has 3 aromatic rings. The third-order valence-electron chi connectivity index (χ3n) is 6.54. The van der Waals surface area contributed by atoms with Gasteiger partial charge in [-0.2, -0.15) is 11.9 Å². The molecule has 0 amide bonds. The summed E-state index contributed by atoms with van der Waals surface area (Å²) < 4.78 is 4.20. The van der Waals surface area contributed by atoms with Crippen LogP contribution in [0.25, 0.3) is 11.4 Å². The summed E-state index contributed by atoms with van der Waals surface area (Å²) in [5.74, 6) is 5.73. The first-order chi connectivity index (χ1) is 16.1. The van der Waals surface area contributed by atoms with E-state index in [4.69, 9.17) is 0 Å². The van der Waals surface area contributed by atoms with Gasteiger partial charge in [-0.05, 0) is 23.7 Å². The molecule has 1 heterocycles. The van der Waals surface area contributed by atoms with E-state index in [1.807, 2.05) is 12.4 Å². The Morgan fingerprint density at radius 3 is 1.50 bits per heavy atom. The maximum atomic E-state index is 10.1. The normalized spacial score (nSPS) is 11.6. The van der Waals surface area contributed by atoms with Crippen LogP contribution in [0.2, 0.25) is 0 Å². The topological polar surface area (TPSA) is 56.4 Å². The van der Waals surface area contributed by atoms with E-state index in [1.165, 1.54) is 22.3 Å². The summed E-state index contributed by atoms with van der Waals surface area (Å²) in [6.07, 6.45) is 4.07. The molecule has 2 aromatic carbocycles. The van der Waals surface area contributed by atoms with Crippen LogP contribution in [-0.4, -0.2) is 11.3 Å². The SMILES string of the molecule is CC(C)c1cccc(C(C)C)c1-n1cc[n+](-c2c(C(C)C)cccc2C(C)C)c1[B-](C#N)C#N. The lowest BCUT2D eigenvalue weighted by Gasteiger charge is -2.22. The number of hydrogen-bond acceptors (Lipinski definition) is 2. The van der Waals surface area contributed by atoms with E-state index >= 15 is 0 Å². The molecule has 0 aliphatic carbocycles. The Balaban J connectivity index is 2.50. The van der Waals surface area contributed by atoms with Crippen LogP contribution in [-0.2, 0) is 0 Å². The molecule has 34 heavy (non-hydrogen) atoms. The molecule has 0 N–H and O–H groups in total. The minimum atomic E-state index is -0.907. The van der Waals surface area contributed by atoms with Crippen molar-refractivity contribution in [1.82, 2.24) is 4.57 Å². The molecule has 0 aliphatic rings. The maximum Gasteiger partial charge on any atom is 0.236 e. The molecule has 1 radical (unpaired) electrons. The predicted octanol–water partition coefficient (Wildman–Crippen LogP) is 6.07. The summed E-state index contributed by atoms with van der Waals surface area (Å²) >= 11 is 0. The molecule has 175 valence electrons. The van der Waals surface area contributed by atoms with Crippen LogP contribution in [0, 0.1) is 22.5 Å². The number of hydrogen-bond donors (Lipinski definition) is 0. The van der Waals surface area contributed by atoms with Gasteiger partial charge in [0.15, 0.2) is 0 Å². The highest BCUT2D eigenvalue weighted by Gasteiger charge is 2.29. The van der Waals surface area contributed by atoms with Crippen molar-refractivity contribution < 1.29 is 4.57 Å². The van der Waals surface area contributed by atoms with Gasteiger partial charge >= 0.3 is 0 Å². The summed E-state index contributed by atoms with van der Waals surface area (Å²) in [5, 5.41) is 20.1. The number of para-hydroxylation sites is 2. The lowest BCUT2D eigenvalue weighted by atomic mass is 9.52. The van der Waals surface area contributed by atoms with E-state index < -0.39 is 6.71 Å². The van der Waals surface area contributed by atoms with Crippen LogP contribution in [0.1, 0.15) is 101 Å². The minimum Gasteiger partial charge on any atom is -0.251 e. The predicted molar refractivity (Wildman–Crippen MR) is 140 cm³/mol. The summed E-state index contributed by atoms with van der Waals surface area (Å²) in [5.41, 5.74) is 7.72. The quantitative estimate of drug-likeness (QED) is 0.323. The van der Waals surface area contributed by atoms with E-state index in [1.54, 1.807) is 0 Å². The van der Waals surface area contributed by atoms with Crippen LogP contribution >= 0.6 is 0 Å². The molecular formula is C29H36BN4. The summed E-state index contributed by atoms with van der Waals surface area (Å²) in [6, 6.07) is 12.9. The largest absolute Gasteiger partial charge is 0.251 e. The number of rotatable bonds is 7. The standard InChI is InChI=1S/C29H36BN4/c1-19(2)23-11-9-12-24(20(3)4)27(23)33-15-16-34(29(33)30(17-31)18-32)28-25(21(5)6)13-10-14-26(28)22(7)8/h9-16,19-22H,1-8H3. The maximum absolute atomic E-state index is 10.1. The van der Waals surface area contributed by atoms with Crippen molar-refractivity contribution in [3.63, 3.8) is 0 Å². The van der Waals surface area contributed by atoms with E-state index in [0.29, 0.717) is 29.4 Å². The second kappa shape index (κ2) is 10.3. The summed E-state index contributed by atoms with van der Waals surface area (Å²) in [4.78, 5) is 0. The van der Waals surface area contributed by atoms with Crippen molar-refractivity contribution in [3.05, 3.63) is 71.0 Å². The van der Waals surface area contributed by atoms with E-state index in [9.17, 15) is 10.5 Å². The molecule has 0 fully saturated rings. The van der Waals surface area contributed by atoms with Gasteiger partial charge in [-0.25, -0.2) is 9.13 Å². The van der Waals surface area contributed by atoms with Crippen molar-refractivity contribution >= 4 is 12.4 Å². The first-order valence-electron chi connectivity index (χ1n) is 12.3. The molecule has 0 aliphatic heterocycles. The third-order valence-corrected chi connectivity index (χ3v) is 6.54. The molecule has 5 heteroatoms. The Morgan fingerprint density at radius 2 is 1.12 bits per heavy atom. The number of benzene rings is 2. The van der Waals surface area contributed by atoms with Gasteiger partial charge in [-0.3, -0.25) is 10.5 Å². The molecule has 4 nitrogen and oxygen atoms in total. The Hall–Kier alpha value is -3.31. The van der Waals surface area contributed by atoms with Crippen LogP contribution in [0.4, 0.5) is 0 Å². The highest BCUT2D eigenvalue weighted by atomic mass is 15.2. The van der Waals surface area contributed by atoms with Crippen molar-refractivity contribution in [2.45, 2.75) is 79.1 Å². The zero-order chi connectivity index (χ0) is 25.2. The van der Waals surface area contributed by atoms with Crippen LogP contribution in [0.5, 0.6) is 0 Å². The monoisotopic (exact) mass is 451 g/mol. The second-order valence-corrected chi connectivity index (χ2v) is 10.3. The second-order valence-electron chi connectivity index (χ2n) is 10.3. The van der Waals surface area contributed by atoms with Gasteiger partial charge in [0, 0.05) is 22.3 Å². The van der Waals surface area contributed by atoms with Gasteiger partial charge in [-0.1, -0.05) is 91.8 Å². The van der Waals surface area contributed by atoms with Gasteiger partial charge in [-0.15, -0.1) is 0 Å². The van der Waals surface area contributed by atoms with E-state index in [0.717, 1.165) is 11.4 Å². The Kier molecular flexibility index (Phi) is 7.68. The first-order valence-corrected chi connectivity index (χ1v) is 12.3. The Morgan fingerprint density at radius 1 is 0.706 bits per heavy atom. The summed E-state index contributed by atoms with van der Waals surface area (Å²) in [6.45, 7) is 16.6. The number of nitriles is 2. The fourth-order valence-corrected chi connectivity index (χ4v) is 4.78. The van der Waals surface area contributed by atoms with Crippen molar-refractivity contribution in [3.8, 4) is 23.3 Å². The van der Waals surface area contributed by atoms with Gasteiger partial charge < -0.3 is 0 Å². The zero-order valence-electron chi connectivity index (χ0n) is 21.8. The minimum absolute atomic E-state index is 0.300. The van der Waals surface area contributed by atoms with E-state index in [2.05, 4.69) is 113 Å². The lowest BCUT2D eigenvalue weighted by molar-refractivity contribution is -0.577. The number of imidazole rings is 1. The highest BCUT2D eigenvalue weighted by molar-refractivity contribution is 6.84. The lowest BCUT2D eigenvalue weighted by Crippen LogP contribution is -2.57.